The molecular formula is C17H16N2O4S. The predicted octanol–water partition coefficient (Wildman–Crippen LogP) is 2.42. The van der Waals surface area contributed by atoms with Crippen molar-refractivity contribution in [2.45, 2.75) is 19.3 Å². The van der Waals surface area contributed by atoms with Gasteiger partial charge in [0, 0.05) is 11.1 Å². The Morgan fingerprint density at radius 1 is 1.33 bits per heavy atom. The van der Waals surface area contributed by atoms with Crippen molar-refractivity contribution in [3.63, 3.8) is 0 Å². The highest BCUT2D eigenvalue weighted by Crippen LogP contribution is 2.20. The zero-order valence-electron chi connectivity index (χ0n) is 13.3. The van der Waals surface area contributed by atoms with E-state index in [0.717, 1.165) is 11.3 Å². The third-order valence-corrected chi connectivity index (χ3v) is 4.25. The van der Waals surface area contributed by atoms with Crippen LogP contribution >= 0.6 is 11.3 Å². The van der Waals surface area contributed by atoms with Gasteiger partial charge in [-0.15, -0.1) is 11.3 Å². The van der Waals surface area contributed by atoms with Crippen LogP contribution in [0.4, 0.5) is 0 Å². The molecule has 0 saturated heterocycles. The third kappa shape index (κ3) is 4.64. The Labute approximate surface area is 143 Å². The van der Waals surface area contributed by atoms with Crippen molar-refractivity contribution in [1.29, 1.82) is 5.26 Å². The first kappa shape index (κ1) is 17.6. The first-order valence-corrected chi connectivity index (χ1v) is 8.04. The van der Waals surface area contributed by atoms with Crippen LogP contribution in [0.3, 0.4) is 0 Å². The van der Waals surface area contributed by atoms with E-state index >= 15 is 0 Å². The Kier molecular flexibility index (Phi) is 6.04. The molecule has 0 aliphatic heterocycles. The molecule has 0 aliphatic rings. The van der Waals surface area contributed by atoms with Gasteiger partial charge in [-0.05, 0) is 24.6 Å². The van der Waals surface area contributed by atoms with Gasteiger partial charge in [-0.1, -0.05) is 12.1 Å². The van der Waals surface area contributed by atoms with Gasteiger partial charge in [0.2, 0.25) is 0 Å². The quantitative estimate of drug-likeness (QED) is 0.717. The molecule has 0 bridgehead atoms. The van der Waals surface area contributed by atoms with E-state index in [-0.39, 0.29) is 6.42 Å². The van der Waals surface area contributed by atoms with Crippen LogP contribution in [-0.4, -0.2) is 30.5 Å². The van der Waals surface area contributed by atoms with Crippen LogP contribution in [0.5, 0.6) is 5.75 Å². The Morgan fingerprint density at radius 2 is 2.04 bits per heavy atom. The van der Waals surface area contributed by atoms with Gasteiger partial charge < -0.3 is 9.47 Å². The number of benzene rings is 1. The minimum absolute atomic E-state index is 0.0465. The molecule has 124 valence electrons. The van der Waals surface area contributed by atoms with Crippen molar-refractivity contribution in [1.82, 2.24) is 4.98 Å². The van der Waals surface area contributed by atoms with Crippen LogP contribution in [0.25, 0.3) is 0 Å². The summed E-state index contributed by atoms with van der Waals surface area (Å²) < 4.78 is 10.0. The molecule has 0 spiro atoms. The van der Waals surface area contributed by atoms with E-state index in [2.05, 4.69) is 4.98 Å². The maximum absolute atomic E-state index is 12.1. The van der Waals surface area contributed by atoms with Gasteiger partial charge in [0.05, 0.1) is 19.6 Å². The van der Waals surface area contributed by atoms with Crippen LogP contribution in [0.15, 0.2) is 29.6 Å². The summed E-state index contributed by atoms with van der Waals surface area (Å²) in [7, 11) is 1.56. The highest BCUT2D eigenvalue weighted by Gasteiger charge is 2.24. The predicted molar refractivity (Wildman–Crippen MR) is 87.9 cm³/mol. The molecule has 1 heterocycles. The number of hydrogen-bond acceptors (Lipinski definition) is 7. The topological polar surface area (TPSA) is 89.3 Å². The molecule has 0 aliphatic carbocycles. The number of aromatic nitrogens is 1. The summed E-state index contributed by atoms with van der Waals surface area (Å²) in [5.41, 5.74) is 1.50. The fraction of sp³-hybridized carbons (Fsp3) is 0.294. The SMILES string of the molecule is COc1ccc(CC(=O)OCC(=O)[C@H](C#N)c2nc(C)cs2)cc1. The molecule has 7 heteroatoms. The molecule has 0 amide bonds. The standard InChI is InChI=1S/C17H16N2O4S/c1-11-10-24-17(19-11)14(8-18)15(20)9-23-16(21)7-12-3-5-13(22-2)6-4-12/h3-6,10,14H,7,9H2,1-2H3/t14-/m0/s1. The number of ether oxygens (including phenoxy) is 2. The summed E-state index contributed by atoms with van der Waals surface area (Å²) in [5, 5.41) is 11.3. The molecule has 0 radical (unpaired) electrons. The van der Waals surface area contributed by atoms with Gasteiger partial charge >= 0.3 is 5.97 Å². The molecule has 1 atom stereocenters. The maximum Gasteiger partial charge on any atom is 0.310 e. The second-order valence-electron chi connectivity index (χ2n) is 5.04. The number of carbonyl (C=O) groups excluding carboxylic acids is 2. The summed E-state index contributed by atoms with van der Waals surface area (Å²) in [6.07, 6.45) is 0.0465. The average molecular weight is 344 g/mol. The lowest BCUT2D eigenvalue weighted by Crippen LogP contribution is -2.20. The maximum atomic E-state index is 12.1. The van der Waals surface area contributed by atoms with Crippen molar-refractivity contribution < 1.29 is 19.1 Å². The number of nitriles is 1. The first-order valence-electron chi connectivity index (χ1n) is 7.16. The normalized spacial score (nSPS) is 11.4. The Balaban J connectivity index is 1.88. The third-order valence-electron chi connectivity index (χ3n) is 3.22. The van der Waals surface area contributed by atoms with Crippen molar-refractivity contribution >= 4 is 23.1 Å². The van der Waals surface area contributed by atoms with Gasteiger partial charge in [0.15, 0.2) is 18.3 Å². The van der Waals surface area contributed by atoms with Crippen molar-refractivity contribution in [2.24, 2.45) is 0 Å². The van der Waals surface area contributed by atoms with Crippen LogP contribution in [-0.2, 0) is 20.7 Å². The van der Waals surface area contributed by atoms with E-state index in [1.165, 1.54) is 11.3 Å². The molecule has 6 nitrogen and oxygen atoms in total. The monoisotopic (exact) mass is 344 g/mol. The average Bonchev–Trinajstić information content (AvgIpc) is 3.00. The van der Waals surface area contributed by atoms with Gasteiger partial charge in [0.25, 0.3) is 0 Å². The molecule has 2 rings (SSSR count). The summed E-state index contributed by atoms with van der Waals surface area (Å²) in [5.74, 6) is -1.31. The minimum Gasteiger partial charge on any atom is -0.497 e. The molecule has 1 aromatic heterocycles. The number of ketones is 1. The highest BCUT2D eigenvalue weighted by molar-refractivity contribution is 7.09. The number of rotatable bonds is 7. The minimum atomic E-state index is -1.00. The molecular weight excluding hydrogens is 328 g/mol. The zero-order chi connectivity index (χ0) is 17.5. The second-order valence-corrected chi connectivity index (χ2v) is 5.93. The fourth-order valence-corrected chi connectivity index (χ4v) is 2.83. The molecule has 0 saturated carbocycles. The molecule has 0 unspecified atom stereocenters. The number of hydrogen-bond donors (Lipinski definition) is 0. The molecule has 2 aromatic rings. The van der Waals surface area contributed by atoms with Gasteiger partial charge in [-0.25, -0.2) is 4.98 Å². The van der Waals surface area contributed by atoms with Crippen LogP contribution in [0.1, 0.15) is 22.2 Å². The van der Waals surface area contributed by atoms with Crippen LogP contribution in [0.2, 0.25) is 0 Å². The smallest absolute Gasteiger partial charge is 0.310 e. The second kappa shape index (κ2) is 8.22. The number of nitrogens with zero attached hydrogens (tertiary/aromatic N) is 2. The van der Waals surface area contributed by atoms with E-state index < -0.39 is 24.3 Å². The zero-order valence-corrected chi connectivity index (χ0v) is 14.1. The van der Waals surface area contributed by atoms with Crippen molar-refractivity contribution in [3.8, 4) is 11.8 Å². The molecule has 0 N–H and O–H groups in total. The Bertz CT molecular complexity index is 762. The number of esters is 1. The number of methoxy groups -OCH3 is 1. The van der Waals surface area contributed by atoms with E-state index in [1.54, 1.807) is 43.7 Å². The Morgan fingerprint density at radius 3 is 2.58 bits per heavy atom. The number of aryl methyl sites for hydroxylation is 1. The van der Waals surface area contributed by atoms with Crippen molar-refractivity contribution in [2.75, 3.05) is 13.7 Å². The lowest BCUT2D eigenvalue weighted by atomic mass is 10.1. The Hall–Kier alpha value is -2.72. The lowest BCUT2D eigenvalue weighted by Gasteiger charge is -2.07. The van der Waals surface area contributed by atoms with E-state index in [9.17, 15) is 9.59 Å². The first-order chi connectivity index (χ1) is 11.5. The largest absolute Gasteiger partial charge is 0.497 e. The summed E-state index contributed by atoms with van der Waals surface area (Å²) in [4.78, 5) is 28.0. The number of Topliss-reactive ketones (excluding diaryl/α,β-unsaturated/α-hetero) is 1. The highest BCUT2D eigenvalue weighted by atomic mass is 32.1. The van der Waals surface area contributed by atoms with Gasteiger partial charge in [-0.2, -0.15) is 5.26 Å². The molecule has 0 fully saturated rings. The molecule has 1 aromatic carbocycles. The number of carbonyl (C=O) groups is 2. The summed E-state index contributed by atoms with van der Waals surface area (Å²) in [6, 6.07) is 8.89. The van der Waals surface area contributed by atoms with Crippen LogP contribution in [0, 0.1) is 18.3 Å². The lowest BCUT2D eigenvalue weighted by molar-refractivity contribution is -0.147. The van der Waals surface area contributed by atoms with E-state index in [4.69, 9.17) is 14.7 Å². The summed E-state index contributed by atoms with van der Waals surface area (Å²) in [6.45, 7) is 1.35. The number of thiazole rings is 1. The summed E-state index contributed by atoms with van der Waals surface area (Å²) >= 11 is 1.24. The van der Waals surface area contributed by atoms with E-state index in [0.29, 0.717) is 10.8 Å². The van der Waals surface area contributed by atoms with Crippen molar-refractivity contribution in [3.05, 3.63) is 45.9 Å². The van der Waals surface area contributed by atoms with Gasteiger partial charge in [-0.3, -0.25) is 9.59 Å². The van der Waals surface area contributed by atoms with E-state index in [1.807, 2.05) is 6.07 Å². The van der Waals surface area contributed by atoms with Crippen LogP contribution < -0.4 is 4.74 Å². The van der Waals surface area contributed by atoms with Gasteiger partial charge in [0.1, 0.15) is 10.8 Å². The molecule has 24 heavy (non-hydrogen) atoms. The fourth-order valence-electron chi connectivity index (χ4n) is 1.97.